The minimum atomic E-state index is -1.54. The highest BCUT2D eigenvalue weighted by molar-refractivity contribution is 5.69. The van der Waals surface area contributed by atoms with Gasteiger partial charge in [0, 0.05) is 13.0 Å². The Morgan fingerprint density at radius 1 is 0.524 bits per heavy atom. The molecule has 0 aromatic carbocycles. The van der Waals surface area contributed by atoms with Crippen LogP contribution in [0.1, 0.15) is 213 Å². The first-order valence-electron chi connectivity index (χ1n) is 25.9. The van der Waals surface area contributed by atoms with Crippen molar-refractivity contribution in [3.05, 3.63) is 60.8 Å². The van der Waals surface area contributed by atoms with Gasteiger partial charge < -0.3 is 39.4 Å². The second-order valence-corrected chi connectivity index (χ2v) is 17.6. The normalized spacial score (nSPS) is 20.1. The molecular weight excluding hydrogens is 793 g/mol. The fourth-order valence-corrected chi connectivity index (χ4v) is 7.65. The maximum absolute atomic E-state index is 12.8. The van der Waals surface area contributed by atoms with E-state index < -0.39 is 43.4 Å². The van der Waals surface area contributed by atoms with Gasteiger partial charge in [-0.05, 0) is 77.0 Å². The van der Waals surface area contributed by atoms with Crippen molar-refractivity contribution < 1.29 is 44.2 Å². The summed E-state index contributed by atoms with van der Waals surface area (Å²) in [6.45, 7) is 4.44. The van der Waals surface area contributed by atoms with Crippen molar-refractivity contribution >= 4 is 5.97 Å². The molecule has 0 radical (unpaired) electrons. The summed E-state index contributed by atoms with van der Waals surface area (Å²) in [5.74, 6) is -0.323. The molecule has 1 fully saturated rings. The van der Waals surface area contributed by atoms with Gasteiger partial charge in [0.2, 0.25) is 0 Å². The van der Waals surface area contributed by atoms with E-state index in [1.54, 1.807) is 0 Å². The van der Waals surface area contributed by atoms with E-state index in [-0.39, 0.29) is 19.2 Å². The predicted octanol–water partition coefficient (Wildman–Crippen LogP) is 12.6. The number of carbonyl (C=O) groups excluding carboxylic acids is 1. The van der Waals surface area contributed by atoms with Gasteiger partial charge >= 0.3 is 5.97 Å². The summed E-state index contributed by atoms with van der Waals surface area (Å²) in [5.41, 5.74) is 0. The molecule has 1 rings (SSSR count). The Balaban J connectivity index is 2.19. The van der Waals surface area contributed by atoms with Crippen molar-refractivity contribution in [2.24, 2.45) is 0 Å². The molecule has 9 heteroatoms. The Morgan fingerprint density at radius 3 is 1.48 bits per heavy atom. The van der Waals surface area contributed by atoms with Crippen LogP contribution in [0.15, 0.2) is 60.8 Å². The van der Waals surface area contributed by atoms with Crippen molar-refractivity contribution in [1.29, 1.82) is 0 Å². The monoisotopic (exact) mass is 889 g/mol. The molecule has 0 aliphatic carbocycles. The lowest BCUT2D eigenvalue weighted by Gasteiger charge is -2.39. The lowest BCUT2D eigenvalue weighted by molar-refractivity contribution is -0.305. The number of unbranched alkanes of at least 4 members (excludes halogenated alkanes) is 23. The minimum absolute atomic E-state index is 0.119. The number of aliphatic hydroxyl groups excluding tert-OH is 4. The van der Waals surface area contributed by atoms with Crippen molar-refractivity contribution in [3.63, 3.8) is 0 Å². The number of rotatable bonds is 44. The van der Waals surface area contributed by atoms with Crippen LogP contribution in [0.3, 0.4) is 0 Å². The zero-order valence-electron chi connectivity index (χ0n) is 40.3. The zero-order chi connectivity index (χ0) is 45.7. The first-order valence-corrected chi connectivity index (χ1v) is 25.9. The van der Waals surface area contributed by atoms with Gasteiger partial charge in [-0.15, -0.1) is 0 Å². The molecule has 63 heavy (non-hydrogen) atoms. The highest BCUT2D eigenvalue weighted by atomic mass is 16.7. The molecule has 4 N–H and O–H groups in total. The molecule has 1 saturated heterocycles. The highest BCUT2D eigenvalue weighted by Gasteiger charge is 2.44. The number of ether oxygens (including phenoxy) is 4. The first-order chi connectivity index (χ1) is 30.9. The lowest BCUT2D eigenvalue weighted by Crippen LogP contribution is -2.59. The Bertz CT molecular complexity index is 1150. The van der Waals surface area contributed by atoms with Crippen molar-refractivity contribution in [2.75, 3.05) is 26.4 Å². The summed E-state index contributed by atoms with van der Waals surface area (Å²) in [4.78, 5) is 12.8. The van der Waals surface area contributed by atoms with Crippen LogP contribution in [-0.4, -0.2) is 89.6 Å². The second-order valence-electron chi connectivity index (χ2n) is 17.6. The molecule has 0 saturated carbocycles. The van der Waals surface area contributed by atoms with Crippen LogP contribution in [-0.2, 0) is 23.7 Å². The molecule has 9 nitrogen and oxygen atoms in total. The Labute approximate surface area is 385 Å². The second kappa shape index (κ2) is 45.1. The molecule has 0 aromatic rings. The number of allylic oxidation sites excluding steroid dienone is 10. The van der Waals surface area contributed by atoms with Crippen LogP contribution in [0.5, 0.6) is 0 Å². The third kappa shape index (κ3) is 35.8. The van der Waals surface area contributed by atoms with Crippen LogP contribution < -0.4 is 0 Å². The van der Waals surface area contributed by atoms with Crippen LogP contribution in [0, 0.1) is 0 Å². The van der Waals surface area contributed by atoms with E-state index in [1.165, 1.54) is 122 Å². The van der Waals surface area contributed by atoms with E-state index in [4.69, 9.17) is 18.9 Å². The summed E-state index contributed by atoms with van der Waals surface area (Å²) in [6, 6.07) is 0. The van der Waals surface area contributed by atoms with Crippen LogP contribution in [0.2, 0.25) is 0 Å². The summed E-state index contributed by atoms with van der Waals surface area (Å²) in [7, 11) is 0. The van der Waals surface area contributed by atoms with Gasteiger partial charge in [-0.3, -0.25) is 4.79 Å². The van der Waals surface area contributed by atoms with Gasteiger partial charge in [0.05, 0.1) is 19.8 Å². The van der Waals surface area contributed by atoms with Crippen LogP contribution in [0.25, 0.3) is 0 Å². The molecule has 1 heterocycles. The first kappa shape index (κ1) is 58.9. The van der Waals surface area contributed by atoms with Gasteiger partial charge in [0.25, 0.3) is 0 Å². The molecule has 1 aliphatic heterocycles. The quantitative estimate of drug-likeness (QED) is 0.0268. The number of hydrogen-bond donors (Lipinski definition) is 4. The third-order valence-corrected chi connectivity index (χ3v) is 11.7. The van der Waals surface area contributed by atoms with Crippen LogP contribution in [0.4, 0.5) is 0 Å². The number of aliphatic hydroxyl groups is 4. The van der Waals surface area contributed by atoms with Gasteiger partial charge in [0.1, 0.15) is 30.5 Å². The maximum atomic E-state index is 12.8. The number of carbonyl (C=O) groups is 1. The molecule has 0 bridgehead atoms. The molecule has 366 valence electrons. The lowest BCUT2D eigenvalue weighted by atomic mass is 9.99. The van der Waals surface area contributed by atoms with Crippen molar-refractivity contribution in [1.82, 2.24) is 0 Å². The van der Waals surface area contributed by atoms with Gasteiger partial charge in [-0.2, -0.15) is 0 Å². The van der Waals surface area contributed by atoms with E-state index in [0.717, 1.165) is 70.6 Å². The molecular formula is C54H96O9. The van der Waals surface area contributed by atoms with Gasteiger partial charge in [-0.25, -0.2) is 0 Å². The Kier molecular flexibility index (Phi) is 42.1. The maximum Gasteiger partial charge on any atom is 0.306 e. The van der Waals surface area contributed by atoms with E-state index >= 15 is 0 Å². The Hall–Kier alpha value is -2.11. The van der Waals surface area contributed by atoms with Crippen molar-refractivity contribution in [3.8, 4) is 0 Å². The smallest absolute Gasteiger partial charge is 0.306 e. The fraction of sp³-hybridized carbons (Fsp3) is 0.796. The highest BCUT2D eigenvalue weighted by Crippen LogP contribution is 2.23. The molecule has 0 spiro atoms. The average molecular weight is 889 g/mol. The topological polar surface area (TPSA) is 135 Å². The summed E-state index contributed by atoms with van der Waals surface area (Å²) in [6.07, 6.45) is 51.1. The number of esters is 1. The molecule has 0 amide bonds. The SMILES string of the molecule is CC/C=C\C/C=C\C/C=C\C/C=C\CCCCCCCCCCCCCOCC(COC1OC(CO)C(O)C(O)C1O)OC(=O)CCCCCCC/C=C\CCCCCCCCC. The number of hydrogen-bond acceptors (Lipinski definition) is 9. The van der Waals surface area contributed by atoms with E-state index in [2.05, 4.69) is 74.6 Å². The van der Waals surface area contributed by atoms with Gasteiger partial charge in [0.15, 0.2) is 6.29 Å². The minimum Gasteiger partial charge on any atom is -0.457 e. The molecule has 1 aliphatic rings. The largest absolute Gasteiger partial charge is 0.457 e. The molecule has 6 atom stereocenters. The predicted molar refractivity (Wildman–Crippen MR) is 261 cm³/mol. The van der Waals surface area contributed by atoms with E-state index in [1.807, 2.05) is 0 Å². The van der Waals surface area contributed by atoms with E-state index in [0.29, 0.717) is 13.0 Å². The van der Waals surface area contributed by atoms with Gasteiger partial charge in [-0.1, -0.05) is 190 Å². The molecule has 0 aromatic heterocycles. The standard InChI is InChI=1S/C54H96O9/c1-3-5-7-9-11-13-15-17-19-21-22-23-24-25-26-27-28-30-32-34-36-38-40-42-44-60-46-48(47-61-54-53(59)52(58)51(57)49(45-55)63-54)62-50(56)43-41-39-37-35-33-31-29-20-18-16-14-12-10-8-6-4-2/h5,7,11,13,17,19-20,22-23,29,48-49,51-55,57-59H,3-4,6,8-10,12,14-16,18,21,24-28,30-47H2,1-2H3/b7-5-,13-11-,19-17-,23-22-,29-20-. The third-order valence-electron chi connectivity index (χ3n) is 11.7. The van der Waals surface area contributed by atoms with E-state index in [9.17, 15) is 25.2 Å². The van der Waals surface area contributed by atoms with Crippen LogP contribution >= 0.6 is 0 Å². The summed E-state index contributed by atoms with van der Waals surface area (Å²) >= 11 is 0. The molecule has 6 unspecified atom stereocenters. The summed E-state index contributed by atoms with van der Waals surface area (Å²) in [5, 5.41) is 40.2. The fourth-order valence-electron chi connectivity index (χ4n) is 7.65. The van der Waals surface area contributed by atoms with Crippen molar-refractivity contribution in [2.45, 2.75) is 250 Å². The zero-order valence-corrected chi connectivity index (χ0v) is 40.3. The average Bonchev–Trinajstić information content (AvgIpc) is 3.28. The Morgan fingerprint density at radius 2 is 0.968 bits per heavy atom. The summed E-state index contributed by atoms with van der Waals surface area (Å²) < 4.78 is 22.9.